The quantitative estimate of drug-likeness (QED) is 0.759. The van der Waals surface area contributed by atoms with Crippen LogP contribution in [0.4, 0.5) is 18.0 Å². The van der Waals surface area contributed by atoms with Gasteiger partial charge in [0, 0.05) is 18.0 Å². The molecule has 1 aromatic heterocycles. The van der Waals surface area contributed by atoms with E-state index in [0.29, 0.717) is 12.1 Å². The first-order valence-electron chi connectivity index (χ1n) is 8.89. The summed E-state index contributed by atoms with van der Waals surface area (Å²) in [5.41, 5.74) is -0.0763. The highest BCUT2D eigenvalue weighted by atomic mass is 32.1. The van der Waals surface area contributed by atoms with E-state index in [9.17, 15) is 18.0 Å². The van der Waals surface area contributed by atoms with Crippen LogP contribution in [0.15, 0.2) is 41.8 Å². The maximum absolute atomic E-state index is 12.6. The van der Waals surface area contributed by atoms with Crippen molar-refractivity contribution in [2.24, 2.45) is 0 Å². The number of hydrogen-bond acceptors (Lipinski definition) is 3. The highest BCUT2D eigenvalue weighted by molar-refractivity contribution is 7.10. The second-order valence-corrected chi connectivity index (χ2v) is 7.51. The topological polar surface area (TPSA) is 44.4 Å². The molecule has 0 radical (unpaired) electrons. The zero-order valence-corrected chi connectivity index (χ0v) is 15.6. The molecule has 146 valence electrons. The molecule has 1 aliphatic heterocycles. The number of hydrogen-bond donors (Lipinski definition) is 2. The Labute approximate surface area is 160 Å². The lowest BCUT2D eigenvalue weighted by atomic mass is 10.1. The Morgan fingerprint density at radius 2 is 1.81 bits per heavy atom. The van der Waals surface area contributed by atoms with Gasteiger partial charge < -0.3 is 10.6 Å². The lowest BCUT2D eigenvalue weighted by Crippen LogP contribution is -2.41. The second-order valence-electron chi connectivity index (χ2n) is 6.53. The molecule has 27 heavy (non-hydrogen) atoms. The van der Waals surface area contributed by atoms with Gasteiger partial charge in [0.25, 0.3) is 0 Å². The van der Waals surface area contributed by atoms with E-state index in [1.807, 2.05) is 11.4 Å². The molecule has 2 amide bonds. The molecule has 0 spiro atoms. The molecule has 0 aliphatic carbocycles. The van der Waals surface area contributed by atoms with Crippen LogP contribution in [0, 0.1) is 0 Å². The van der Waals surface area contributed by atoms with Gasteiger partial charge in [-0.05, 0) is 55.1 Å². The van der Waals surface area contributed by atoms with Crippen LogP contribution in [0.1, 0.15) is 34.9 Å². The summed E-state index contributed by atoms with van der Waals surface area (Å²) in [6.07, 6.45) is -2.01. The third-order valence-corrected chi connectivity index (χ3v) is 5.62. The van der Waals surface area contributed by atoms with Gasteiger partial charge in [0.15, 0.2) is 0 Å². The Bertz CT molecular complexity index is 726. The number of likely N-dealkylation sites (tertiary alicyclic amines) is 1. The van der Waals surface area contributed by atoms with Gasteiger partial charge in [0.2, 0.25) is 0 Å². The highest BCUT2D eigenvalue weighted by Gasteiger charge is 2.30. The van der Waals surface area contributed by atoms with Gasteiger partial charge in [-0.3, -0.25) is 4.90 Å². The minimum Gasteiger partial charge on any atom is -0.336 e. The zero-order chi connectivity index (χ0) is 19.3. The largest absolute Gasteiger partial charge is 0.416 e. The number of halogens is 3. The Balaban J connectivity index is 1.49. The molecule has 1 aliphatic rings. The molecule has 1 aromatic carbocycles. The van der Waals surface area contributed by atoms with Crippen LogP contribution in [0.25, 0.3) is 0 Å². The molecular weight excluding hydrogens is 375 g/mol. The van der Waals surface area contributed by atoms with Crippen LogP contribution in [-0.4, -0.2) is 30.6 Å². The number of rotatable bonds is 6. The number of benzene rings is 1. The fourth-order valence-electron chi connectivity index (χ4n) is 3.19. The van der Waals surface area contributed by atoms with Crippen LogP contribution in [0.2, 0.25) is 0 Å². The molecule has 2 N–H and O–H groups in total. The second kappa shape index (κ2) is 8.75. The van der Waals surface area contributed by atoms with Crippen molar-refractivity contribution < 1.29 is 18.0 Å². The number of urea groups is 1. The number of carbonyl (C=O) groups excluding carboxylic acids is 1. The number of amides is 2. The summed E-state index contributed by atoms with van der Waals surface area (Å²) in [4.78, 5) is 15.7. The van der Waals surface area contributed by atoms with Gasteiger partial charge in [-0.25, -0.2) is 4.79 Å². The maximum Gasteiger partial charge on any atom is 0.416 e. The number of carbonyl (C=O) groups is 1. The van der Waals surface area contributed by atoms with Crippen LogP contribution >= 0.6 is 11.3 Å². The molecular formula is C19H22F3N3OS. The van der Waals surface area contributed by atoms with E-state index in [1.54, 1.807) is 11.3 Å². The van der Waals surface area contributed by atoms with Gasteiger partial charge in [-0.1, -0.05) is 18.2 Å². The Hall–Kier alpha value is -2.06. The predicted molar refractivity (Wildman–Crippen MR) is 99.5 cm³/mol. The first-order chi connectivity index (χ1) is 12.9. The average molecular weight is 397 g/mol. The Morgan fingerprint density at radius 1 is 1.11 bits per heavy atom. The van der Waals surface area contributed by atoms with Crippen LogP contribution in [-0.2, 0) is 12.7 Å². The molecule has 1 atom stereocenters. The standard InChI is InChI=1S/C19H22F3N3OS/c20-19(21,22)15-7-5-14(6-8-15)12-23-18(26)24-13-16(17-4-3-11-27-17)25-9-1-2-10-25/h3-8,11,16H,1-2,9-10,12-13H2,(H2,23,24,26). The maximum atomic E-state index is 12.6. The first-order valence-corrected chi connectivity index (χ1v) is 9.77. The summed E-state index contributed by atoms with van der Waals surface area (Å²) < 4.78 is 37.7. The van der Waals surface area contributed by atoms with Crippen LogP contribution in [0.5, 0.6) is 0 Å². The van der Waals surface area contributed by atoms with Gasteiger partial charge in [0.05, 0.1) is 11.6 Å². The van der Waals surface area contributed by atoms with E-state index in [4.69, 9.17) is 0 Å². The van der Waals surface area contributed by atoms with Crippen molar-refractivity contribution in [2.75, 3.05) is 19.6 Å². The number of thiophene rings is 1. The molecule has 1 unspecified atom stereocenters. The van der Waals surface area contributed by atoms with E-state index in [0.717, 1.165) is 25.2 Å². The van der Waals surface area contributed by atoms with Crippen LogP contribution < -0.4 is 10.6 Å². The fourth-order valence-corrected chi connectivity index (χ4v) is 4.05. The fraction of sp³-hybridized carbons (Fsp3) is 0.421. The van der Waals surface area contributed by atoms with Crippen molar-refractivity contribution in [2.45, 2.75) is 31.6 Å². The summed E-state index contributed by atoms with van der Waals surface area (Å²) in [6.45, 7) is 2.73. The predicted octanol–water partition coefficient (Wildman–Crippen LogP) is 4.40. The van der Waals surface area contributed by atoms with E-state index < -0.39 is 11.7 Å². The first kappa shape index (κ1) is 19.7. The normalized spacial score (nSPS) is 16.3. The molecule has 0 saturated carbocycles. The molecule has 1 fully saturated rings. The van der Waals surface area contributed by atoms with Crippen molar-refractivity contribution in [1.82, 2.24) is 15.5 Å². The molecule has 3 rings (SSSR count). The molecule has 8 heteroatoms. The van der Waals surface area contributed by atoms with Crippen molar-refractivity contribution >= 4 is 17.4 Å². The average Bonchev–Trinajstić information content (AvgIpc) is 3.34. The van der Waals surface area contributed by atoms with E-state index in [2.05, 4.69) is 21.6 Å². The van der Waals surface area contributed by atoms with E-state index >= 15 is 0 Å². The SMILES string of the molecule is O=C(NCc1ccc(C(F)(F)F)cc1)NCC(c1cccs1)N1CCCC1. The number of alkyl halides is 3. The summed E-state index contributed by atoms with van der Waals surface area (Å²) in [5, 5.41) is 7.62. The Kier molecular flexibility index (Phi) is 6.38. The number of nitrogens with zero attached hydrogens (tertiary/aromatic N) is 1. The zero-order valence-electron chi connectivity index (χ0n) is 14.8. The van der Waals surface area contributed by atoms with Gasteiger partial charge >= 0.3 is 12.2 Å². The van der Waals surface area contributed by atoms with E-state index in [1.165, 1.54) is 29.9 Å². The smallest absolute Gasteiger partial charge is 0.336 e. The lowest BCUT2D eigenvalue weighted by molar-refractivity contribution is -0.137. The van der Waals surface area contributed by atoms with Gasteiger partial charge in [-0.2, -0.15) is 13.2 Å². The number of nitrogens with one attached hydrogen (secondary N) is 2. The van der Waals surface area contributed by atoms with Gasteiger partial charge in [0.1, 0.15) is 0 Å². The molecule has 2 aromatic rings. The van der Waals surface area contributed by atoms with Crippen molar-refractivity contribution in [1.29, 1.82) is 0 Å². The third kappa shape index (κ3) is 5.46. The summed E-state index contributed by atoms with van der Waals surface area (Å²) in [7, 11) is 0. The molecule has 4 nitrogen and oxygen atoms in total. The van der Waals surface area contributed by atoms with Crippen molar-refractivity contribution in [3.63, 3.8) is 0 Å². The minimum atomic E-state index is -4.35. The monoisotopic (exact) mass is 397 g/mol. The molecule has 0 bridgehead atoms. The van der Waals surface area contributed by atoms with E-state index in [-0.39, 0.29) is 18.6 Å². The molecule has 1 saturated heterocycles. The summed E-state index contributed by atoms with van der Waals surface area (Å²) in [6, 6.07) is 8.72. The lowest BCUT2D eigenvalue weighted by Gasteiger charge is -2.27. The summed E-state index contributed by atoms with van der Waals surface area (Å²) in [5.74, 6) is 0. The minimum absolute atomic E-state index is 0.157. The van der Waals surface area contributed by atoms with Crippen molar-refractivity contribution in [3.05, 3.63) is 57.8 Å². The molecule has 2 heterocycles. The van der Waals surface area contributed by atoms with Crippen LogP contribution in [0.3, 0.4) is 0 Å². The Morgan fingerprint density at radius 3 is 2.41 bits per heavy atom. The van der Waals surface area contributed by atoms with Crippen molar-refractivity contribution in [3.8, 4) is 0 Å². The summed E-state index contributed by atoms with van der Waals surface area (Å²) >= 11 is 1.68. The van der Waals surface area contributed by atoms with Gasteiger partial charge in [-0.15, -0.1) is 11.3 Å². The third-order valence-electron chi connectivity index (χ3n) is 4.64. The highest BCUT2D eigenvalue weighted by Crippen LogP contribution is 2.29.